The number of rotatable bonds is 3. The average molecular weight is 356 g/mol. The summed E-state index contributed by atoms with van der Waals surface area (Å²) in [5, 5.41) is 14.1. The van der Waals surface area contributed by atoms with Gasteiger partial charge in [-0.2, -0.15) is 0 Å². The van der Waals surface area contributed by atoms with Crippen molar-refractivity contribution in [2.75, 3.05) is 5.32 Å². The third-order valence-corrected chi connectivity index (χ3v) is 5.22. The van der Waals surface area contributed by atoms with E-state index in [0.717, 1.165) is 4.88 Å². The third kappa shape index (κ3) is 2.62. The zero-order valence-corrected chi connectivity index (χ0v) is 13.7. The van der Waals surface area contributed by atoms with E-state index >= 15 is 0 Å². The Morgan fingerprint density at radius 3 is 2.84 bits per heavy atom. The number of nitrogens with zero attached hydrogens (tertiary/aromatic N) is 1. The zero-order chi connectivity index (χ0) is 17.6. The monoisotopic (exact) mass is 356 g/mol. The van der Waals surface area contributed by atoms with Gasteiger partial charge in [0.05, 0.1) is 11.4 Å². The highest BCUT2D eigenvalue weighted by atomic mass is 32.1. The van der Waals surface area contributed by atoms with Crippen LogP contribution in [0.25, 0.3) is 5.69 Å². The molecule has 0 aliphatic carbocycles. The molecule has 1 aliphatic heterocycles. The van der Waals surface area contributed by atoms with Crippen molar-refractivity contribution >= 4 is 28.9 Å². The van der Waals surface area contributed by atoms with Crippen LogP contribution in [0.1, 0.15) is 33.3 Å². The second-order valence-electron chi connectivity index (χ2n) is 5.78. The van der Waals surface area contributed by atoms with E-state index in [1.807, 2.05) is 17.5 Å². The van der Waals surface area contributed by atoms with E-state index in [1.165, 1.54) is 29.7 Å². The number of nitrogens with one attached hydrogen (secondary N) is 1. The largest absolute Gasteiger partial charge is 0.478 e. The fourth-order valence-electron chi connectivity index (χ4n) is 3.19. The Labute approximate surface area is 146 Å². The van der Waals surface area contributed by atoms with Gasteiger partial charge in [-0.25, -0.2) is 9.18 Å². The number of amides is 1. The van der Waals surface area contributed by atoms with Gasteiger partial charge in [0.1, 0.15) is 11.4 Å². The van der Waals surface area contributed by atoms with Gasteiger partial charge >= 0.3 is 5.97 Å². The quantitative estimate of drug-likeness (QED) is 0.749. The Balaban J connectivity index is 1.99. The molecule has 1 aliphatic rings. The maximum atomic E-state index is 13.7. The predicted octanol–water partition coefficient (Wildman–Crippen LogP) is 3.85. The Morgan fingerprint density at radius 2 is 2.16 bits per heavy atom. The van der Waals surface area contributed by atoms with E-state index in [-0.39, 0.29) is 29.5 Å². The molecule has 0 saturated heterocycles. The van der Waals surface area contributed by atoms with Crippen LogP contribution in [0.4, 0.5) is 10.1 Å². The standard InChI is InChI=1S/C18H13FN2O3S/c19-10-3-1-4-11(7-10)21-9-13(18(23)24)16-17(21)12(8-15(22)20-16)14-5-2-6-25-14/h1-7,9,12H,8H2,(H,20,22)(H,23,24). The molecule has 0 bridgehead atoms. The van der Waals surface area contributed by atoms with E-state index in [1.54, 1.807) is 16.7 Å². The van der Waals surface area contributed by atoms with Gasteiger partial charge in [-0.1, -0.05) is 12.1 Å². The summed E-state index contributed by atoms with van der Waals surface area (Å²) in [4.78, 5) is 24.7. The molecule has 1 unspecified atom stereocenters. The predicted molar refractivity (Wildman–Crippen MR) is 92.1 cm³/mol. The van der Waals surface area contributed by atoms with Gasteiger partial charge < -0.3 is 15.0 Å². The van der Waals surface area contributed by atoms with Gasteiger partial charge in [0.2, 0.25) is 5.91 Å². The maximum Gasteiger partial charge on any atom is 0.339 e. The molecule has 0 fully saturated rings. The van der Waals surface area contributed by atoms with Crippen molar-refractivity contribution in [2.24, 2.45) is 0 Å². The van der Waals surface area contributed by atoms with Gasteiger partial charge in [0.25, 0.3) is 0 Å². The van der Waals surface area contributed by atoms with Crippen molar-refractivity contribution in [3.8, 4) is 5.69 Å². The Bertz CT molecular complexity index is 978. The van der Waals surface area contributed by atoms with Gasteiger partial charge in [-0.3, -0.25) is 4.79 Å². The van der Waals surface area contributed by atoms with Crippen LogP contribution in [-0.2, 0) is 4.79 Å². The first kappa shape index (κ1) is 15.6. The lowest BCUT2D eigenvalue weighted by molar-refractivity contribution is -0.116. The number of hydrogen-bond acceptors (Lipinski definition) is 3. The highest BCUT2D eigenvalue weighted by Crippen LogP contribution is 2.42. The Hall–Kier alpha value is -2.93. The fraction of sp³-hybridized carbons (Fsp3) is 0.111. The number of hydrogen-bond donors (Lipinski definition) is 2. The summed E-state index contributed by atoms with van der Waals surface area (Å²) in [6.45, 7) is 0. The molecule has 0 radical (unpaired) electrons. The first-order valence-corrected chi connectivity index (χ1v) is 8.50. The molecule has 2 N–H and O–H groups in total. The van der Waals surface area contributed by atoms with E-state index in [0.29, 0.717) is 11.4 Å². The lowest BCUT2D eigenvalue weighted by atomic mass is 9.93. The number of benzene rings is 1. The van der Waals surface area contributed by atoms with E-state index in [4.69, 9.17) is 0 Å². The van der Waals surface area contributed by atoms with E-state index in [2.05, 4.69) is 5.32 Å². The molecule has 126 valence electrons. The molecule has 5 nitrogen and oxygen atoms in total. The lowest BCUT2D eigenvalue weighted by Crippen LogP contribution is -2.25. The molecule has 3 aromatic rings. The summed E-state index contributed by atoms with van der Waals surface area (Å²) in [6, 6.07) is 9.75. The van der Waals surface area contributed by atoms with Crippen LogP contribution in [0.2, 0.25) is 0 Å². The molecule has 2 aromatic heterocycles. The highest BCUT2D eigenvalue weighted by molar-refractivity contribution is 7.10. The van der Waals surface area contributed by atoms with Crippen molar-refractivity contribution in [2.45, 2.75) is 12.3 Å². The molecule has 25 heavy (non-hydrogen) atoms. The zero-order valence-electron chi connectivity index (χ0n) is 12.9. The first-order valence-electron chi connectivity index (χ1n) is 7.62. The SMILES string of the molecule is O=C1CC(c2cccs2)c2c(c(C(=O)O)cn2-c2cccc(F)c2)N1. The van der Waals surface area contributed by atoms with Gasteiger partial charge in [-0.05, 0) is 29.6 Å². The van der Waals surface area contributed by atoms with Crippen LogP contribution in [0.15, 0.2) is 48.0 Å². The molecule has 1 amide bonds. The molecular formula is C18H13FN2O3S. The second kappa shape index (κ2) is 5.86. The van der Waals surface area contributed by atoms with Crippen LogP contribution in [-0.4, -0.2) is 21.6 Å². The summed E-state index contributed by atoms with van der Waals surface area (Å²) in [6.07, 6.45) is 1.65. The Kier molecular flexibility index (Phi) is 3.65. The van der Waals surface area contributed by atoms with Gasteiger partial charge in [0.15, 0.2) is 0 Å². The van der Waals surface area contributed by atoms with Crippen LogP contribution >= 0.6 is 11.3 Å². The van der Waals surface area contributed by atoms with Crippen LogP contribution in [0.3, 0.4) is 0 Å². The molecule has 1 atom stereocenters. The maximum absolute atomic E-state index is 13.7. The molecule has 0 spiro atoms. The number of carbonyl (C=O) groups excluding carboxylic acids is 1. The van der Waals surface area contributed by atoms with Crippen LogP contribution < -0.4 is 5.32 Å². The average Bonchev–Trinajstić information content (AvgIpc) is 3.22. The molecule has 3 heterocycles. The summed E-state index contributed by atoms with van der Waals surface area (Å²) >= 11 is 1.50. The van der Waals surface area contributed by atoms with Crippen molar-refractivity contribution < 1.29 is 19.1 Å². The summed E-state index contributed by atoms with van der Waals surface area (Å²) in [5.74, 6) is -2.06. The van der Waals surface area contributed by atoms with Crippen molar-refractivity contribution in [3.05, 3.63) is 69.9 Å². The van der Waals surface area contributed by atoms with Crippen molar-refractivity contribution in [3.63, 3.8) is 0 Å². The number of thiophene rings is 1. The number of halogens is 1. The van der Waals surface area contributed by atoms with Crippen LogP contribution in [0.5, 0.6) is 0 Å². The number of aromatic carboxylic acids is 1. The normalized spacial score (nSPS) is 16.4. The molecule has 1 aromatic carbocycles. The van der Waals surface area contributed by atoms with Crippen LogP contribution in [0, 0.1) is 5.82 Å². The summed E-state index contributed by atoms with van der Waals surface area (Å²) in [7, 11) is 0. The number of fused-ring (bicyclic) bond motifs is 1. The number of carboxylic acid groups (broad SMARTS) is 1. The van der Waals surface area contributed by atoms with E-state index in [9.17, 15) is 19.1 Å². The molecular weight excluding hydrogens is 343 g/mol. The molecule has 0 saturated carbocycles. The van der Waals surface area contributed by atoms with Crippen molar-refractivity contribution in [1.82, 2.24) is 4.57 Å². The van der Waals surface area contributed by atoms with Crippen molar-refractivity contribution in [1.29, 1.82) is 0 Å². The lowest BCUT2D eigenvalue weighted by Gasteiger charge is -2.25. The Morgan fingerprint density at radius 1 is 1.32 bits per heavy atom. The number of carboxylic acids is 1. The number of carbonyl (C=O) groups is 2. The first-order chi connectivity index (χ1) is 12.0. The number of anilines is 1. The molecule has 7 heteroatoms. The minimum atomic E-state index is -1.14. The third-order valence-electron chi connectivity index (χ3n) is 4.23. The number of aromatic nitrogens is 1. The minimum absolute atomic E-state index is 0.00568. The smallest absolute Gasteiger partial charge is 0.339 e. The van der Waals surface area contributed by atoms with Gasteiger partial charge in [-0.15, -0.1) is 11.3 Å². The summed E-state index contributed by atoms with van der Waals surface area (Å²) < 4.78 is 15.3. The summed E-state index contributed by atoms with van der Waals surface area (Å²) in [5.41, 5.74) is 1.45. The highest BCUT2D eigenvalue weighted by Gasteiger charge is 2.34. The fourth-order valence-corrected chi connectivity index (χ4v) is 4.02. The van der Waals surface area contributed by atoms with E-state index < -0.39 is 11.8 Å². The minimum Gasteiger partial charge on any atom is -0.478 e. The second-order valence-corrected chi connectivity index (χ2v) is 6.76. The topological polar surface area (TPSA) is 71.3 Å². The molecule has 4 rings (SSSR count). The van der Waals surface area contributed by atoms with Gasteiger partial charge in [0, 0.05) is 29.1 Å².